The SMILES string of the molecule is CCCC(=O)N(Cc1c([O-])on[n+]1-c1ccc(OC)cc1)C1CC1. The van der Waals surface area contributed by atoms with E-state index in [-0.39, 0.29) is 18.5 Å². The number of benzene rings is 1. The molecular formula is C17H21N3O4. The number of amides is 1. The van der Waals surface area contributed by atoms with Gasteiger partial charge in [0.15, 0.2) is 5.95 Å². The molecule has 1 aromatic carbocycles. The van der Waals surface area contributed by atoms with Crippen LogP contribution in [0.25, 0.3) is 5.69 Å². The third kappa shape index (κ3) is 3.34. The Kier molecular flexibility index (Phi) is 4.69. The van der Waals surface area contributed by atoms with Gasteiger partial charge in [-0.05, 0) is 36.1 Å². The number of nitrogens with zero attached hydrogens (tertiary/aromatic N) is 3. The number of hydrogen-bond acceptors (Lipinski definition) is 5. The van der Waals surface area contributed by atoms with Crippen molar-refractivity contribution >= 4 is 5.91 Å². The first kappa shape index (κ1) is 16.3. The van der Waals surface area contributed by atoms with E-state index in [2.05, 4.69) is 5.27 Å². The van der Waals surface area contributed by atoms with Gasteiger partial charge in [-0.2, -0.15) is 0 Å². The molecule has 0 radical (unpaired) electrons. The van der Waals surface area contributed by atoms with Gasteiger partial charge in [0.2, 0.25) is 11.6 Å². The fourth-order valence-corrected chi connectivity index (χ4v) is 2.65. The quantitative estimate of drug-likeness (QED) is 0.715. The van der Waals surface area contributed by atoms with Crippen molar-refractivity contribution in [3.8, 4) is 17.4 Å². The first-order valence-corrected chi connectivity index (χ1v) is 8.15. The van der Waals surface area contributed by atoms with Crippen LogP contribution in [-0.2, 0) is 11.3 Å². The minimum atomic E-state index is -0.513. The first-order valence-electron chi connectivity index (χ1n) is 8.15. The van der Waals surface area contributed by atoms with Crippen molar-refractivity contribution in [2.24, 2.45) is 0 Å². The summed E-state index contributed by atoms with van der Waals surface area (Å²) in [5.41, 5.74) is 1.05. The van der Waals surface area contributed by atoms with Gasteiger partial charge in [0, 0.05) is 24.6 Å². The summed E-state index contributed by atoms with van der Waals surface area (Å²) in [7, 11) is 1.59. The van der Waals surface area contributed by atoms with Gasteiger partial charge in [0.05, 0.1) is 12.4 Å². The smallest absolute Gasteiger partial charge is 0.259 e. The Balaban J connectivity index is 1.87. The second-order valence-corrected chi connectivity index (χ2v) is 5.92. The van der Waals surface area contributed by atoms with E-state index in [9.17, 15) is 9.90 Å². The number of hydrogen-bond donors (Lipinski definition) is 0. The van der Waals surface area contributed by atoms with E-state index in [0.29, 0.717) is 23.6 Å². The molecule has 7 heteroatoms. The van der Waals surface area contributed by atoms with Crippen LogP contribution in [0, 0.1) is 0 Å². The zero-order chi connectivity index (χ0) is 17.1. The standard InChI is InChI=1S/C17H21N3O4/c1-3-4-16(21)19(12-5-6-12)11-15-17(22)24-18-20(15)13-7-9-14(23-2)10-8-13/h7-10,12H,3-6,11H2,1-2H3. The monoisotopic (exact) mass is 331 g/mol. The van der Waals surface area contributed by atoms with Gasteiger partial charge in [0.1, 0.15) is 12.3 Å². The van der Waals surface area contributed by atoms with E-state index in [1.807, 2.05) is 6.92 Å². The van der Waals surface area contributed by atoms with E-state index in [4.69, 9.17) is 9.26 Å². The van der Waals surface area contributed by atoms with Gasteiger partial charge in [-0.25, -0.2) is 0 Å². The Bertz CT molecular complexity index is 707. The molecule has 0 bridgehead atoms. The molecule has 0 aliphatic heterocycles. The van der Waals surface area contributed by atoms with Crippen molar-refractivity contribution in [3.63, 3.8) is 0 Å². The number of ether oxygens (including phenoxy) is 1. The Hall–Kier alpha value is -2.57. The van der Waals surface area contributed by atoms with Crippen molar-refractivity contribution in [2.75, 3.05) is 7.11 Å². The molecule has 7 nitrogen and oxygen atoms in total. The molecule has 1 heterocycles. The lowest BCUT2D eigenvalue weighted by Crippen LogP contribution is -2.42. The molecule has 0 N–H and O–H groups in total. The predicted molar refractivity (Wildman–Crippen MR) is 82.5 cm³/mol. The van der Waals surface area contributed by atoms with Gasteiger partial charge in [-0.3, -0.25) is 4.79 Å². The molecule has 1 aliphatic carbocycles. The summed E-state index contributed by atoms with van der Waals surface area (Å²) in [5, 5.41) is 15.9. The second kappa shape index (κ2) is 6.90. The molecule has 0 atom stereocenters. The first-order chi connectivity index (χ1) is 11.6. The molecule has 1 saturated carbocycles. The second-order valence-electron chi connectivity index (χ2n) is 5.92. The van der Waals surface area contributed by atoms with E-state index in [1.54, 1.807) is 36.3 Å². The Labute approximate surface area is 140 Å². The molecule has 0 spiro atoms. The maximum atomic E-state index is 12.3. The topological polar surface area (TPSA) is 82.5 Å². The summed E-state index contributed by atoms with van der Waals surface area (Å²) in [4.78, 5) is 14.1. The van der Waals surface area contributed by atoms with Crippen LogP contribution in [0.1, 0.15) is 38.3 Å². The number of rotatable bonds is 7. The van der Waals surface area contributed by atoms with Crippen LogP contribution in [0.15, 0.2) is 28.8 Å². The largest absolute Gasteiger partial charge is 0.539 e. The molecule has 1 fully saturated rings. The average molecular weight is 331 g/mol. The molecule has 0 saturated heterocycles. The fourth-order valence-electron chi connectivity index (χ4n) is 2.65. The van der Waals surface area contributed by atoms with Crippen molar-refractivity contribution < 1.29 is 23.8 Å². The molecule has 1 aliphatic rings. The van der Waals surface area contributed by atoms with Crippen molar-refractivity contribution in [3.05, 3.63) is 30.0 Å². The van der Waals surface area contributed by atoms with Crippen molar-refractivity contribution in [1.82, 2.24) is 10.2 Å². The van der Waals surface area contributed by atoms with Gasteiger partial charge in [-0.15, -0.1) is 0 Å². The molecule has 0 unspecified atom stereocenters. The summed E-state index contributed by atoms with van der Waals surface area (Å²) in [6.07, 6.45) is 3.24. The van der Waals surface area contributed by atoms with Crippen LogP contribution in [0.3, 0.4) is 0 Å². The summed E-state index contributed by atoms with van der Waals surface area (Å²) in [6.45, 7) is 2.19. The number of carbonyl (C=O) groups excluding carboxylic acids is 1. The zero-order valence-corrected chi connectivity index (χ0v) is 13.9. The van der Waals surface area contributed by atoms with Crippen LogP contribution in [-0.4, -0.2) is 29.2 Å². The van der Waals surface area contributed by atoms with Crippen LogP contribution < -0.4 is 14.5 Å². The molecule has 2 aromatic rings. The highest BCUT2D eigenvalue weighted by Gasteiger charge is 2.35. The summed E-state index contributed by atoms with van der Waals surface area (Å²) >= 11 is 0. The Morgan fingerprint density at radius 2 is 2.12 bits per heavy atom. The summed E-state index contributed by atoms with van der Waals surface area (Å²) in [6, 6.07) is 7.38. The minimum absolute atomic E-state index is 0.0712. The molecule has 1 amide bonds. The average Bonchev–Trinajstić information content (AvgIpc) is 3.37. The molecule has 24 heavy (non-hydrogen) atoms. The fraction of sp³-hybridized carbons (Fsp3) is 0.471. The van der Waals surface area contributed by atoms with Crippen molar-refractivity contribution in [2.45, 2.75) is 45.2 Å². The van der Waals surface area contributed by atoms with Crippen LogP contribution in [0.2, 0.25) is 0 Å². The highest BCUT2D eigenvalue weighted by Crippen LogP contribution is 2.30. The molecule has 3 rings (SSSR count). The predicted octanol–water partition coefficient (Wildman–Crippen LogP) is 1.32. The lowest BCUT2D eigenvalue weighted by Gasteiger charge is -2.20. The van der Waals surface area contributed by atoms with E-state index < -0.39 is 5.95 Å². The van der Waals surface area contributed by atoms with Gasteiger partial charge in [0.25, 0.3) is 5.69 Å². The summed E-state index contributed by atoms with van der Waals surface area (Å²) in [5.74, 6) is 0.270. The summed E-state index contributed by atoms with van der Waals surface area (Å²) < 4.78 is 11.4. The Morgan fingerprint density at radius 3 is 2.71 bits per heavy atom. The number of carbonyl (C=O) groups is 1. The lowest BCUT2D eigenvalue weighted by atomic mass is 10.2. The third-order valence-electron chi connectivity index (χ3n) is 4.11. The maximum absolute atomic E-state index is 12.3. The number of methoxy groups -OCH3 is 1. The minimum Gasteiger partial charge on any atom is -0.539 e. The van der Waals surface area contributed by atoms with Gasteiger partial charge >= 0.3 is 0 Å². The maximum Gasteiger partial charge on any atom is 0.259 e. The molecular weight excluding hydrogens is 310 g/mol. The van der Waals surface area contributed by atoms with Crippen LogP contribution >= 0.6 is 0 Å². The number of aromatic nitrogens is 2. The van der Waals surface area contributed by atoms with Crippen LogP contribution in [0.4, 0.5) is 0 Å². The van der Waals surface area contributed by atoms with Crippen LogP contribution in [0.5, 0.6) is 11.7 Å². The van der Waals surface area contributed by atoms with Gasteiger partial charge < -0.3 is 19.3 Å². The Morgan fingerprint density at radius 1 is 1.42 bits per heavy atom. The normalized spacial score (nSPS) is 13.8. The zero-order valence-electron chi connectivity index (χ0n) is 13.9. The molecule has 128 valence electrons. The van der Waals surface area contributed by atoms with Crippen molar-refractivity contribution in [1.29, 1.82) is 0 Å². The highest BCUT2D eigenvalue weighted by atomic mass is 16.6. The van der Waals surface area contributed by atoms with E-state index in [1.165, 1.54) is 4.68 Å². The van der Waals surface area contributed by atoms with Gasteiger partial charge in [-0.1, -0.05) is 6.92 Å². The van der Waals surface area contributed by atoms with E-state index in [0.717, 1.165) is 19.3 Å². The molecule has 1 aromatic heterocycles. The third-order valence-corrected chi connectivity index (χ3v) is 4.11. The van der Waals surface area contributed by atoms with E-state index >= 15 is 0 Å². The highest BCUT2D eigenvalue weighted by molar-refractivity contribution is 5.76. The lowest BCUT2D eigenvalue weighted by molar-refractivity contribution is -0.678.